The molecule has 3 heterocycles. The smallest absolute Gasteiger partial charge is 0.238 e. The van der Waals surface area contributed by atoms with Gasteiger partial charge in [-0.3, -0.25) is 0 Å². The van der Waals surface area contributed by atoms with Gasteiger partial charge in [0.05, 0.1) is 27.5 Å². The Labute approximate surface area is 369 Å². The summed E-state index contributed by atoms with van der Waals surface area (Å²) in [4.78, 5) is 0. The highest BCUT2D eigenvalue weighted by Gasteiger charge is 2.22. The van der Waals surface area contributed by atoms with Crippen molar-refractivity contribution in [2.75, 3.05) is 0 Å². The summed E-state index contributed by atoms with van der Waals surface area (Å²) in [5.74, 6) is 0. The first kappa shape index (κ1) is 36.1. The van der Waals surface area contributed by atoms with Crippen LogP contribution in [0.15, 0.2) is 237 Å². The lowest BCUT2D eigenvalue weighted by Crippen LogP contribution is -2.35. The van der Waals surface area contributed by atoms with Crippen LogP contribution >= 0.6 is 0 Å². The van der Waals surface area contributed by atoms with Crippen molar-refractivity contribution in [2.45, 2.75) is 0 Å². The van der Waals surface area contributed by atoms with Crippen LogP contribution in [0.25, 0.3) is 116 Å². The van der Waals surface area contributed by atoms with Crippen LogP contribution in [0.1, 0.15) is 0 Å². The highest BCUT2D eigenvalue weighted by Crippen LogP contribution is 2.42. The summed E-state index contributed by atoms with van der Waals surface area (Å²) in [7, 11) is 0. The van der Waals surface area contributed by atoms with Crippen molar-refractivity contribution in [1.82, 2.24) is 14.2 Å². The third-order valence-corrected chi connectivity index (χ3v) is 13.0. The van der Waals surface area contributed by atoms with Gasteiger partial charge in [0.25, 0.3) is 0 Å². The molecule has 0 aliphatic carbocycles. The number of rotatable bonds is 6. The van der Waals surface area contributed by atoms with Crippen LogP contribution in [0, 0.1) is 0 Å². The second-order valence-electron chi connectivity index (χ2n) is 16.6. The van der Waals surface area contributed by atoms with Crippen LogP contribution in [0.5, 0.6) is 0 Å². The molecule has 0 spiro atoms. The van der Waals surface area contributed by atoms with E-state index in [9.17, 15) is 0 Å². The molecule has 4 heteroatoms. The average Bonchev–Trinajstić information content (AvgIpc) is 3.88. The molecule has 0 unspecified atom stereocenters. The van der Waals surface area contributed by atoms with Gasteiger partial charge < -0.3 is 9.13 Å². The molecule has 0 aliphatic rings. The van der Waals surface area contributed by atoms with Gasteiger partial charge in [-0.15, -0.1) is 0 Å². The fourth-order valence-electron chi connectivity index (χ4n) is 9.94. The molecule has 0 N–H and O–H groups in total. The Morgan fingerprint density at radius 3 is 1.61 bits per heavy atom. The molecular formula is C60H39N4+. The van der Waals surface area contributed by atoms with E-state index in [4.69, 9.17) is 5.10 Å². The average molecular weight is 816 g/mol. The first-order valence-corrected chi connectivity index (χ1v) is 21.9. The molecule has 0 fully saturated rings. The predicted molar refractivity (Wildman–Crippen MR) is 266 cm³/mol. The number of nitrogens with zero attached hydrogens (tertiary/aromatic N) is 4. The lowest BCUT2D eigenvalue weighted by Gasteiger charge is -2.12. The van der Waals surface area contributed by atoms with Crippen LogP contribution in [0.3, 0.4) is 0 Å². The Kier molecular flexibility index (Phi) is 8.18. The van der Waals surface area contributed by atoms with E-state index in [2.05, 4.69) is 246 Å². The highest BCUT2D eigenvalue weighted by molar-refractivity contribution is 6.25. The van der Waals surface area contributed by atoms with E-state index in [1.165, 1.54) is 65.6 Å². The maximum atomic E-state index is 5.43. The molecule has 3 aromatic heterocycles. The zero-order valence-corrected chi connectivity index (χ0v) is 34.8. The maximum absolute atomic E-state index is 5.43. The molecule has 0 radical (unpaired) electrons. The summed E-state index contributed by atoms with van der Waals surface area (Å²) in [6.45, 7) is 0. The number of para-hydroxylation sites is 2. The van der Waals surface area contributed by atoms with Crippen LogP contribution in [0.4, 0.5) is 0 Å². The molecule has 0 bridgehead atoms. The summed E-state index contributed by atoms with van der Waals surface area (Å²) in [5.41, 5.74) is 14.6. The molecule has 0 aliphatic heterocycles. The fourth-order valence-corrected chi connectivity index (χ4v) is 9.94. The Balaban J connectivity index is 1.05. The molecule has 298 valence electrons. The van der Waals surface area contributed by atoms with Crippen molar-refractivity contribution in [3.8, 4) is 50.6 Å². The number of benzene rings is 10. The van der Waals surface area contributed by atoms with Crippen molar-refractivity contribution >= 4 is 65.2 Å². The second kappa shape index (κ2) is 14.5. The summed E-state index contributed by atoms with van der Waals surface area (Å²) in [5, 5.41) is 15.1. The Bertz CT molecular complexity index is 3910. The van der Waals surface area contributed by atoms with Gasteiger partial charge in [-0.05, 0) is 99.8 Å². The summed E-state index contributed by atoms with van der Waals surface area (Å²) in [6.07, 6.45) is 2.16. The molecule has 0 saturated carbocycles. The standard InChI is InChI=1S/C60H39N4/c1-4-14-40(15-5-1)42-24-26-45(27-25-42)60-52-36-49(34-30-46(52)39-62(61-60)47-32-28-43(29-33-47)41-16-6-2-7-17-41)64-55-23-13-12-22-51(55)53-37-54-58(38-57(53)64)63(48-19-8-3-9-20-48)56-35-31-44-18-10-11-21-50(44)59(54)56/h1-39H/q+1. The molecule has 10 aromatic carbocycles. The minimum atomic E-state index is 0.922. The first-order chi connectivity index (χ1) is 31.7. The monoisotopic (exact) mass is 815 g/mol. The SMILES string of the molecule is c1ccc(-c2ccc(-c3n[n+](-c4ccc(-c5ccccc5)cc4)cc4ccc(-n5c6ccccc6c6cc7c8c9ccccc9ccc8n(-c8ccccc8)c7cc65)cc34)cc2)cc1. The molecule has 4 nitrogen and oxygen atoms in total. The first-order valence-electron chi connectivity index (χ1n) is 21.9. The molecule has 0 saturated heterocycles. The largest absolute Gasteiger partial charge is 0.309 e. The van der Waals surface area contributed by atoms with Gasteiger partial charge in [-0.2, -0.15) is 0 Å². The lowest BCUT2D eigenvalue weighted by atomic mass is 10.00. The molecular weight excluding hydrogens is 777 g/mol. The minimum Gasteiger partial charge on any atom is -0.309 e. The minimum absolute atomic E-state index is 0.922. The molecule has 64 heavy (non-hydrogen) atoms. The molecule has 0 atom stereocenters. The van der Waals surface area contributed by atoms with Gasteiger partial charge in [-0.1, -0.05) is 156 Å². The number of hydrogen-bond donors (Lipinski definition) is 0. The lowest BCUT2D eigenvalue weighted by molar-refractivity contribution is -0.657. The van der Waals surface area contributed by atoms with Crippen molar-refractivity contribution in [3.05, 3.63) is 237 Å². The van der Waals surface area contributed by atoms with E-state index >= 15 is 0 Å². The summed E-state index contributed by atoms with van der Waals surface area (Å²) in [6, 6.07) is 83.2. The van der Waals surface area contributed by atoms with Gasteiger partial charge in [0.1, 0.15) is 5.69 Å². The van der Waals surface area contributed by atoms with Crippen molar-refractivity contribution < 1.29 is 4.68 Å². The molecule has 13 aromatic rings. The van der Waals surface area contributed by atoms with E-state index in [-0.39, 0.29) is 0 Å². The highest BCUT2D eigenvalue weighted by atomic mass is 15.3. The topological polar surface area (TPSA) is 26.6 Å². The molecule has 13 rings (SSSR count). The van der Waals surface area contributed by atoms with Crippen molar-refractivity contribution in [1.29, 1.82) is 0 Å². The van der Waals surface area contributed by atoms with E-state index in [1.54, 1.807) is 0 Å². The van der Waals surface area contributed by atoms with E-state index in [0.717, 1.165) is 50.1 Å². The quantitative estimate of drug-likeness (QED) is 0.154. The Hall–Kier alpha value is -8.60. The third-order valence-electron chi connectivity index (χ3n) is 13.0. The number of hydrogen-bond acceptors (Lipinski definition) is 1. The van der Waals surface area contributed by atoms with Gasteiger partial charge in [0, 0.05) is 61.1 Å². The summed E-state index contributed by atoms with van der Waals surface area (Å²) < 4.78 is 6.91. The second-order valence-corrected chi connectivity index (χ2v) is 16.6. The van der Waals surface area contributed by atoms with Gasteiger partial charge in [-0.25, -0.2) is 0 Å². The summed E-state index contributed by atoms with van der Waals surface area (Å²) >= 11 is 0. The van der Waals surface area contributed by atoms with Gasteiger partial charge in [0.15, 0.2) is 0 Å². The van der Waals surface area contributed by atoms with E-state index in [1.807, 2.05) is 4.68 Å². The fraction of sp³-hybridized carbons (Fsp3) is 0. The van der Waals surface area contributed by atoms with Crippen LogP contribution in [-0.2, 0) is 0 Å². The Morgan fingerprint density at radius 2 is 0.875 bits per heavy atom. The van der Waals surface area contributed by atoms with Gasteiger partial charge >= 0.3 is 0 Å². The Morgan fingerprint density at radius 1 is 0.312 bits per heavy atom. The van der Waals surface area contributed by atoms with E-state index in [0.29, 0.717) is 0 Å². The number of aromatic nitrogens is 4. The van der Waals surface area contributed by atoms with E-state index < -0.39 is 0 Å². The van der Waals surface area contributed by atoms with Crippen LogP contribution in [-0.4, -0.2) is 14.2 Å². The van der Waals surface area contributed by atoms with Crippen LogP contribution < -0.4 is 4.68 Å². The number of fused-ring (bicyclic) bond motifs is 9. The molecule has 0 amide bonds. The van der Waals surface area contributed by atoms with Crippen molar-refractivity contribution in [3.63, 3.8) is 0 Å². The predicted octanol–water partition coefficient (Wildman–Crippen LogP) is 14.9. The van der Waals surface area contributed by atoms with Crippen LogP contribution in [0.2, 0.25) is 0 Å². The van der Waals surface area contributed by atoms with Gasteiger partial charge in [0.2, 0.25) is 11.9 Å². The zero-order chi connectivity index (χ0) is 42.1. The van der Waals surface area contributed by atoms with Crippen molar-refractivity contribution in [2.24, 2.45) is 0 Å². The zero-order valence-electron chi connectivity index (χ0n) is 34.8. The third kappa shape index (κ3) is 5.77. The normalized spacial score (nSPS) is 11.8. The maximum Gasteiger partial charge on any atom is 0.238 e.